The Morgan fingerprint density at radius 1 is 1.14 bits per heavy atom. The molecule has 2 rings (SSSR count). The molecule has 5 nitrogen and oxygen atoms in total. The number of hydrogen-bond donors (Lipinski definition) is 2. The van der Waals surface area contributed by atoms with Crippen LogP contribution in [0.5, 0.6) is 0 Å². The second kappa shape index (κ2) is 7.95. The minimum absolute atomic E-state index is 0.00683. The molecule has 1 heterocycles. The van der Waals surface area contributed by atoms with E-state index in [4.69, 9.17) is 5.73 Å². The van der Waals surface area contributed by atoms with Crippen LogP contribution in [0, 0.1) is 11.8 Å². The van der Waals surface area contributed by atoms with Gasteiger partial charge in [-0.1, -0.05) is 33.1 Å². The average molecular weight is 309 g/mol. The number of nitrogens with one attached hydrogen (secondary N) is 1. The zero-order valence-corrected chi connectivity index (χ0v) is 14.0. The number of amides is 2. The van der Waals surface area contributed by atoms with E-state index in [2.05, 4.69) is 5.32 Å². The van der Waals surface area contributed by atoms with Crippen molar-refractivity contribution in [2.45, 2.75) is 70.9 Å². The molecule has 2 atom stereocenters. The topological polar surface area (TPSA) is 75.4 Å². The molecule has 3 N–H and O–H groups in total. The second-order valence-corrected chi connectivity index (χ2v) is 7.21. The Morgan fingerprint density at radius 2 is 1.82 bits per heavy atom. The summed E-state index contributed by atoms with van der Waals surface area (Å²) in [4.78, 5) is 26.6. The maximum atomic E-state index is 12.4. The summed E-state index contributed by atoms with van der Waals surface area (Å²) in [5.41, 5.74) is 5.97. The van der Waals surface area contributed by atoms with Gasteiger partial charge in [0.25, 0.3) is 0 Å². The summed E-state index contributed by atoms with van der Waals surface area (Å²) in [5, 5.41) is 3.07. The maximum absolute atomic E-state index is 12.4. The lowest BCUT2D eigenvalue weighted by Gasteiger charge is -2.29. The summed E-state index contributed by atoms with van der Waals surface area (Å²) in [6, 6.07) is -0.826. The first-order chi connectivity index (χ1) is 10.5. The van der Waals surface area contributed by atoms with Crippen molar-refractivity contribution in [1.82, 2.24) is 10.2 Å². The van der Waals surface area contributed by atoms with Crippen molar-refractivity contribution in [2.75, 3.05) is 13.1 Å². The fraction of sp³-hybridized carbons (Fsp3) is 0.882. The van der Waals surface area contributed by atoms with Crippen molar-refractivity contribution >= 4 is 11.8 Å². The summed E-state index contributed by atoms with van der Waals surface area (Å²) in [5.74, 6) is 0.637. The van der Waals surface area contributed by atoms with Crippen LogP contribution in [0.25, 0.3) is 0 Å². The first-order valence-electron chi connectivity index (χ1n) is 8.84. The number of carbonyl (C=O) groups is 2. The third kappa shape index (κ3) is 4.22. The molecule has 1 saturated carbocycles. The molecule has 1 aliphatic carbocycles. The molecule has 2 amide bonds. The van der Waals surface area contributed by atoms with E-state index in [1.807, 2.05) is 13.8 Å². The van der Waals surface area contributed by atoms with Gasteiger partial charge in [-0.05, 0) is 37.5 Å². The number of carbonyl (C=O) groups excluding carboxylic acids is 2. The molecule has 1 saturated heterocycles. The molecular formula is C17H31N3O2. The molecule has 0 radical (unpaired) electrons. The highest BCUT2D eigenvalue weighted by Crippen LogP contribution is 2.23. The van der Waals surface area contributed by atoms with Crippen molar-refractivity contribution in [2.24, 2.45) is 17.6 Å². The van der Waals surface area contributed by atoms with E-state index in [0.29, 0.717) is 12.5 Å². The van der Waals surface area contributed by atoms with E-state index in [9.17, 15) is 9.59 Å². The molecule has 0 bridgehead atoms. The van der Waals surface area contributed by atoms with E-state index in [1.54, 1.807) is 4.90 Å². The molecule has 2 fully saturated rings. The molecule has 5 heteroatoms. The SMILES string of the molecule is CC(C)[C@H](N)C(=O)N1CCC[C@H]1C(=O)NCC1CCCCC1. The Labute approximate surface area is 134 Å². The van der Waals surface area contributed by atoms with E-state index < -0.39 is 6.04 Å². The van der Waals surface area contributed by atoms with Crippen LogP contribution in [0.4, 0.5) is 0 Å². The number of likely N-dealkylation sites (tertiary alicyclic amines) is 1. The zero-order valence-electron chi connectivity index (χ0n) is 14.0. The Kier molecular flexibility index (Phi) is 6.24. The molecule has 22 heavy (non-hydrogen) atoms. The van der Waals surface area contributed by atoms with Crippen LogP contribution in [-0.4, -0.2) is 41.9 Å². The highest BCUT2D eigenvalue weighted by Gasteiger charge is 2.36. The number of nitrogens with two attached hydrogens (primary N) is 1. The predicted molar refractivity (Wildman–Crippen MR) is 87.1 cm³/mol. The summed E-state index contributed by atoms with van der Waals surface area (Å²) in [6.45, 7) is 5.29. The summed E-state index contributed by atoms with van der Waals surface area (Å²) in [7, 11) is 0. The van der Waals surface area contributed by atoms with Crippen LogP contribution in [0.1, 0.15) is 58.8 Å². The number of nitrogens with zero attached hydrogens (tertiary/aromatic N) is 1. The second-order valence-electron chi connectivity index (χ2n) is 7.21. The van der Waals surface area contributed by atoms with Gasteiger partial charge in [-0.25, -0.2) is 0 Å². The Bertz CT molecular complexity index is 391. The van der Waals surface area contributed by atoms with Crippen LogP contribution in [0.2, 0.25) is 0 Å². The highest BCUT2D eigenvalue weighted by molar-refractivity contribution is 5.90. The van der Waals surface area contributed by atoms with Gasteiger partial charge in [0, 0.05) is 13.1 Å². The van der Waals surface area contributed by atoms with Crippen molar-refractivity contribution in [3.63, 3.8) is 0 Å². The first-order valence-corrected chi connectivity index (χ1v) is 8.84. The molecule has 0 aromatic heterocycles. The standard InChI is InChI=1S/C17H31N3O2/c1-12(2)15(18)17(22)20-10-6-9-14(20)16(21)19-11-13-7-4-3-5-8-13/h12-15H,3-11,18H2,1-2H3,(H,19,21)/t14-,15-/m0/s1. The third-order valence-electron chi connectivity index (χ3n) is 5.13. The third-order valence-corrected chi connectivity index (χ3v) is 5.13. The van der Waals surface area contributed by atoms with Gasteiger partial charge in [0.1, 0.15) is 6.04 Å². The molecular weight excluding hydrogens is 278 g/mol. The van der Waals surface area contributed by atoms with E-state index in [-0.39, 0.29) is 23.8 Å². The van der Waals surface area contributed by atoms with Gasteiger partial charge in [-0.3, -0.25) is 9.59 Å². The maximum Gasteiger partial charge on any atom is 0.242 e. The summed E-state index contributed by atoms with van der Waals surface area (Å²) in [6.07, 6.45) is 7.95. The molecule has 1 aliphatic heterocycles. The minimum Gasteiger partial charge on any atom is -0.354 e. The molecule has 0 unspecified atom stereocenters. The molecule has 0 spiro atoms. The van der Waals surface area contributed by atoms with E-state index >= 15 is 0 Å². The van der Waals surface area contributed by atoms with Crippen LogP contribution >= 0.6 is 0 Å². The fourth-order valence-electron chi connectivity index (χ4n) is 3.53. The van der Waals surface area contributed by atoms with Crippen molar-refractivity contribution in [1.29, 1.82) is 0 Å². The van der Waals surface area contributed by atoms with Crippen LogP contribution < -0.4 is 11.1 Å². The van der Waals surface area contributed by atoms with Crippen molar-refractivity contribution in [3.05, 3.63) is 0 Å². The van der Waals surface area contributed by atoms with Gasteiger partial charge in [-0.15, -0.1) is 0 Å². The molecule has 2 aliphatic rings. The summed E-state index contributed by atoms with van der Waals surface area (Å²) >= 11 is 0. The number of rotatable bonds is 5. The smallest absolute Gasteiger partial charge is 0.242 e. The van der Waals surface area contributed by atoms with Gasteiger partial charge in [0.15, 0.2) is 0 Å². The lowest BCUT2D eigenvalue weighted by molar-refractivity contribution is -0.140. The van der Waals surface area contributed by atoms with Gasteiger partial charge in [0.05, 0.1) is 6.04 Å². The Balaban J connectivity index is 1.86. The van der Waals surface area contributed by atoms with Gasteiger partial charge < -0.3 is 16.0 Å². The quantitative estimate of drug-likeness (QED) is 0.811. The zero-order chi connectivity index (χ0) is 16.1. The minimum atomic E-state index is -0.508. The van der Waals surface area contributed by atoms with Crippen molar-refractivity contribution in [3.8, 4) is 0 Å². The van der Waals surface area contributed by atoms with E-state index in [0.717, 1.165) is 19.4 Å². The normalized spacial score (nSPS) is 24.5. The monoisotopic (exact) mass is 309 g/mol. The Morgan fingerprint density at radius 3 is 2.45 bits per heavy atom. The largest absolute Gasteiger partial charge is 0.354 e. The highest BCUT2D eigenvalue weighted by atomic mass is 16.2. The van der Waals surface area contributed by atoms with Gasteiger partial charge in [0.2, 0.25) is 11.8 Å². The Hall–Kier alpha value is -1.10. The van der Waals surface area contributed by atoms with Crippen LogP contribution in [-0.2, 0) is 9.59 Å². The molecule has 126 valence electrons. The van der Waals surface area contributed by atoms with Crippen LogP contribution in [0.3, 0.4) is 0 Å². The van der Waals surface area contributed by atoms with Gasteiger partial charge in [-0.2, -0.15) is 0 Å². The van der Waals surface area contributed by atoms with E-state index in [1.165, 1.54) is 32.1 Å². The first kappa shape index (κ1) is 17.3. The predicted octanol–water partition coefficient (Wildman–Crippen LogP) is 1.66. The summed E-state index contributed by atoms with van der Waals surface area (Å²) < 4.78 is 0. The lowest BCUT2D eigenvalue weighted by Crippen LogP contribution is -2.53. The molecule has 0 aromatic rings. The van der Waals surface area contributed by atoms with Crippen LogP contribution in [0.15, 0.2) is 0 Å². The molecule has 0 aromatic carbocycles. The number of hydrogen-bond acceptors (Lipinski definition) is 3. The fourth-order valence-corrected chi connectivity index (χ4v) is 3.53. The van der Waals surface area contributed by atoms with Gasteiger partial charge >= 0.3 is 0 Å². The van der Waals surface area contributed by atoms with Crippen molar-refractivity contribution < 1.29 is 9.59 Å². The lowest BCUT2D eigenvalue weighted by atomic mass is 9.89. The average Bonchev–Trinajstić information content (AvgIpc) is 3.01.